The molecule has 0 heterocycles. The molecule has 0 atom stereocenters. The average Bonchev–Trinajstić information content (AvgIpc) is 2.06. The minimum absolute atomic E-state index is 0. The lowest BCUT2D eigenvalue weighted by molar-refractivity contribution is 0.548. The zero-order valence-electron chi connectivity index (χ0n) is 10.1. The molecule has 0 saturated heterocycles. The predicted octanol–water partition coefficient (Wildman–Crippen LogP) is 5.37. The van der Waals surface area contributed by atoms with E-state index in [1.165, 1.54) is 23.4 Å². The summed E-state index contributed by atoms with van der Waals surface area (Å²) in [5, 5.41) is 2.96. The first kappa shape index (κ1) is 24.6. The van der Waals surface area contributed by atoms with Crippen LogP contribution in [0, 0.1) is 0 Å². The maximum absolute atomic E-state index is 2.50. The minimum Gasteiger partial charge on any atom is -0.147 e. The number of rotatable bonds is 5. The highest BCUT2D eigenvalue weighted by Crippen LogP contribution is 2.40. The van der Waals surface area contributed by atoms with Gasteiger partial charge in [-0.1, -0.05) is 62.3 Å². The smallest absolute Gasteiger partial charge is 0.147 e. The number of halogens is 3. The van der Waals surface area contributed by atoms with Gasteiger partial charge in [-0.25, -0.2) is 0 Å². The van der Waals surface area contributed by atoms with Crippen LogP contribution in [-0.2, 0) is 0 Å². The molecular weight excluding hydrogens is 253 g/mol. The van der Waals surface area contributed by atoms with Crippen molar-refractivity contribution in [1.29, 1.82) is 0 Å². The van der Waals surface area contributed by atoms with Crippen LogP contribution >= 0.6 is 37.2 Å². The summed E-state index contributed by atoms with van der Waals surface area (Å²) >= 11 is -0.422. The zero-order chi connectivity index (χ0) is 8.91. The van der Waals surface area contributed by atoms with Crippen molar-refractivity contribution in [3.63, 3.8) is 0 Å². The fraction of sp³-hybridized carbons (Fsp3) is 1.00. The molecule has 0 saturated carbocycles. The van der Waals surface area contributed by atoms with Crippen molar-refractivity contribution in [2.24, 2.45) is 0 Å². The molecule has 0 spiro atoms. The number of hydrogen-bond donors (Lipinski definition) is 0. The van der Waals surface area contributed by atoms with Crippen molar-refractivity contribution in [2.75, 3.05) is 0 Å². The van der Waals surface area contributed by atoms with Gasteiger partial charge in [-0.2, -0.15) is 0 Å². The van der Waals surface area contributed by atoms with Crippen molar-refractivity contribution in [3.8, 4) is 0 Å². The van der Waals surface area contributed by atoms with Gasteiger partial charge in [0, 0.05) is 0 Å². The Bertz CT molecular complexity index is 102. The van der Waals surface area contributed by atoms with Crippen LogP contribution in [0.4, 0.5) is 0 Å². The van der Waals surface area contributed by atoms with Crippen LogP contribution in [0.15, 0.2) is 0 Å². The van der Waals surface area contributed by atoms with Gasteiger partial charge in [0.2, 0.25) is 0 Å². The fourth-order valence-electron chi connectivity index (χ4n) is 2.10. The van der Waals surface area contributed by atoms with E-state index in [-0.39, 0.29) is 37.2 Å². The van der Waals surface area contributed by atoms with Gasteiger partial charge in [0.05, 0.1) is 0 Å². The molecule has 0 aliphatic carbocycles. The lowest BCUT2D eigenvalue weighted by Crippen LogP contribution is -2.27. The van der Waals surface area contributed by atoms with Crippen LogP contribution < -0.4 is 0 Å². The second kappa shape index (κ2) is 12.5. The van der Waals surface area contributed by atoms with E-state index in [9.17, 15) is 0 Å². The van der Waals surface area contributed by atoms with E-state index in [1.807, 2.05) is 0 Å². The molecule has 0 amide bonds. The molecule has 90 valence electrons. The summed E-state index contributed by atoms with van der Waals surface area (Å²) in [6.07, 6.45) is 2.78. The highest BCUT2D eigenvalue weighted by atomic mass is 35.5. The van der Waals surface area contributed by atoms with Crippen LogP contribution in [0.3, 0.4) is 0 Å². The SMILES string of the molecule is C[CH2][Al]([CH2]C)[C](C)(CC)CC.Cl.Cl.Cl. The quantitative estimate of drug-likeness (QED) is 0.594. The number of hydrogen-bond acceptors (Lipinski definition) is 0. The molecule has 0 aliphatic rings. The first-order chi connectivity index (χ1) is 5.14. The van der Waals surface area contributed by atoms with Gasteiger partial charge in [-0.05, 0) is 0 Å². The molecule has 0 fully saturated rings. The van der Waals surface area contributed by atoms with E-state index < -0.39 is 14.1 Å². The van der Waals surface area contributed by atoms with Gasteiger partial charge >= 0.3 is 0 Å². The Balaban J connectivity index is -0.000000167. The minimum atomic E-state index is -0.422. The monoisotopic (exact) mass is 278 g/mol. The topological polar surface area (TPSA) is 0 Å². The second-order valence-electron chi connectivity index (χ2n) is 3.87. The average molecular weight is 280 g/mol. The lowest BCUT2D eigenvalue weighted by Gasteiger charge is -2.31. The normalized spacial score (nSPS) is 9.21. The van der Waals surface area contributed by atoms with Gasteiger partial charge in [0.1, 0.15) is 0 Å². The molecule has 0 N–H and O–H groups in total. The van der Waals surface area contributed by atoms with Crippen LogP contribution in [0.5, 0.6) is 0 Å². The van der Waals surface area contributed by atoms with Crippen molar-refractivity contribution in [1.82, 2.24) is 0 Å². The molecule has 0 bridgehead atoms. The Labute approximate surface area is 113 Å². The summed E-state index contributed by atoms with van der Waals surface area (Å²) in [7, 11) is 0. The maximum atomic E-state index is 2.50. The van der Waals surface area contributed by atoms with E-state index in [1.54, 1.807) is 0 Å². The summed E-state index contributed by atoms with van der Waals surface area (Å²) < 4.78 is 0.740. The van der Waals surface area contributed by atoms with Crippen LogP contribution in [-0.4, -0.2) is 14.1 Å². The largest absolute Gasteiger partial charge is 0.268 e. The summed E-state index contributed by atoms with van der Waals surface area (Å²) in [6, 6.07) is 0. The Kier molecular flexibility index (Phi) is 21.9. The van der Waals surface area contributed by atoms with Crippen molar-refractivity contribution >= 4 is 51.4 Å². The first-order valence-corrected chi connectivity index (χ1v) is 7.35. The second-order valence-corrected chi connectivity index (χ2v) is 8.30. The van der Waals surface area contributed by atoms with Crippen molar-refractivity contribution in [2.45, 2.75) is 62.3 Å². The third-order valence-electron chi connectivity index (χ3n) is 3.59. The van der Waals surface area contributed by atoms with Gasteiger partial charge in [-0.3, -0.25) is 0 Å². The molecule has 4 heteroatoms. The van der Waals surface area contributed by atoms with Gasteiger partial charge < -0.3 is 0 Å². The third kappa shape index (κ3) is 6.81. The van der Waals surface area contributed by atoms with E-state index in [0.717, 1.165) is 4.28 Å². The van der Waals surface area contributed by atoms with E-state index in [0.29, 0.717) is 0 Å². The van der Waals surface area contributed by atoms with Gasteiger partial charge in [-0.15, -0.1) is 37.2 Å². The Morgan fingerprint density at radius 2 is 1.07 bits per heavy atom. The van der Waals surface area contributed by atoms with E-state index >= 15 is 0 Å². The molecule has 0 nitrogen and oxygen atoms in total. The van der Waals surface area contributed by atoms with Crippen LogP contribution in [0.2, 0.25) is 14.8 Å². The van der Waals surface area contributed by atoms with Crippen LogP contribution in [0.1, 0.15) is 47.5 Å². The summed E-state index contributed by atoms with van der Waals surface area (Å²) in [4.78, 5) is 0. The lowest BCUT2D eigenvalue weighted by atomic mass is 10.1. The van der Waals surface area contributed by atoms with Gasteiger partial charge in [0.25, 0.3) is 14.1 Å². The summed E-state index contributed by atoms with van der Waals surface area (Å²) in [6.45, 7) is 12.0. The Hall–Kier alpha value is 1.40. The Morgan fingerprint density at radius 3 is 1.14 bits per heavy atom. The maximum Gasteiger partial charge on any atom is 0.268 e. The molecule has 0 aromatic carbocycles. The standard InChI is InChI=1S/C6H13.2C2H5.Al.3ClH/c1-4-6(3)5-2;2*1-2;;;;/h4-5H2,1-3H3;2*1H2,2H3;;3*1H. The van der Waals surface area contributed by atoms with E-state index in [2.05, 4.69) is 34.6 Å². The highest BCUT2D eigenvalue weighted by molar-refractivity contribution is 6.62. The molecular formula is C10H26AlCl3. The van der Waals surface area contributed by atoms with Crippen LogP contribution in [0.25, 0.3) is 0 Å². The molecule has 0 aliphatic heterocycles. The molecule has 0 aromatic rings. The predicted molar refractivity (Wildman–Crippen MR) is 77.4 cm³/mol. The van der Waals surface area contributed by atoms with Crippen molar-refractivity contribution < 1.29 is 0 Å². The van der Waals surface area contributed by atoms with Crippen molar-refractivity contribution in [3.05, 3.63) is 0 Å². The molecule has 0 rings (SSSR count). The summed E-state index contributed by atoms with van der Waals surface area (Å²) in [5.74, 6) is 0. The highest BCUT2D eigenvalue weighted by Gasteiger charge is 2.32. The molecule has 0 aromatic heterocycles. The summed E-state index contributed by atoms with van der Waals surface area (Å²) in [5.41, 5.74) is 0. The third-order valence-corrected chi connectivity index (χ3v) is 8.35. The zero-order valence-corrected chi connectivity index (χ0v) is 13.7. The Morgan fingerprint density at radius 1 is 0.786 bits per heavy atom. The fourth-order valence-corrected chi connectivity index (χ4v) is 5.80. The van der Waals surface area contributed by atoms with E-state index in [4.69, 9.17) is 0 Å². The molecule has 0 radical (unpaired) electrons. The molecule has 14 heavy (non-hydrogen) atoms. The molecule has 0 unspecified atom stereocenters. The van der Waals surface area contributed by atoms with Gasteiger partial charge in [0.15, 0.2) is 0 Å². The first-order valence-electron chi connectivity index (χ1n) is 5.14.